The summed E-state index contributed by atoms with van der Waals surface area (Å²) in [4.78, 5) is 13.2. The van der Waals surface area contributed by atoms with Crippen molar-refractivity contribution in [2.24, 2.45) is 0 Å². The smallest absolute Gasteiger partial charge is 0.250 e. The van der Waals surface area contributed by atoms with Crippen molar-refractivity contribution in [3.63, 3.8) is 0 Å². The first-order valence-electron chi connectivity index (χ1n) is 8.61. The number of anilines is 1. The molecule has 3 aromatic rings. The number of rotatable bonds is 3. The second-order valence-electron chi connectivity index (χ2n) is 6.38. The first-order chi connectivity index (χ1) is 13.0. The van der Waals surface area contributed by atoms with Crippen LogP contribution < -0.4 is 5.32 Å². The Morgan fingerprint density at radius 2 is 2.00 bits per heavy atom. The van der Waals surface area contributed by atoms with E-state index >= 15 is 0 Å². The quantitative estimate of drug-likeness (QED) is 0.599. The molecule has 1 amide bonds. The van der Waals surface area contributed by atoms with Crippen LogP contribution in [0, 0.1) is 5.82 Å². The molecular weight excluding hydrogens is 385 g/mol. The molecule has 0 bridgehead atoms. The molecule has 0 aliphatic carbocycles. The van der Waals surface area contributed by atoms with Crippen molar-refractivity contribution in [1.82, 2.24) is 0 Å². The molecule has 3 nitrogen and oxygen atoms in total. The third-order valence-electron chi connectivity index (χ3n) is 4.85. The van der Waals surface area contributed by atoms with Crippen LogP contribution in [0.4, 0.5) is 10.1 Å². The molecule has 1 aliphatic heterocycles. The standard InChI is InChI=1S/C21H17ClFNO2S/c1-2-21(19-4-3-9-27-19)15-10-13(14-5-7-17(23)16(22)11-14)6-8-18(15)24-20(25)12-26-21/h3-11H,2,12H2,1H3,(H,24,25). The highest BCUT2D eigenvalue weighted by Gasteiger charge is 2.39. The van der Waals surface area contributed by atoms with Gasteiger partial charge in [0, 0.05) is 16.1 Å². The topological polar surface area (TPSA) is 38.3 Å². The first-order valence-corrected chi connectivity index (χ1v) is 9.87. The molecule has 138 valence electrons. The Kier molecular flexibility index (Phi) is 4.76. The van der Waals surface area contributed by atoms with E-state index in [9.17, 15) is 9.18 Å². The molecule has 4 rings (SSSR count). The minimum atomic E-state index is -0.720. The zero-order valence-corrected chi connectivity index (χ0v) is 16.2. The number of carbonyl (C=O) groups excluding carboxylic acids is 1. The molecule has 0 radical (unpaired) electrons. The van der Waals surface area contributed by atoms with E-state index in [0.717, 1.165) is 27.3 Å². The van der Waals surface area contributed by atoms with Crippen LogP contribution >= 0.6 is 22.9 Å². The number of ether oxygens (including phenoxy) is 1. The van der Waals surface area contributed by atoms with E-state index in [2.05, 4.69) is 5.32 Å². The summed E-state index contributed by atoms with van der Waals surface area (Å²) >= 11 is 7.56. The second-order valence-corrected chi connectivity index (χ2v) is 7.74. The molecule has 1 atom stereocenters. The fourth-order valence-corrected chi connectivity index (χ4v) is 4.62. The van der Waals surface area contributed by atoms with Crippen LogP contribution in [0.3, 0.4) is 0 Å². The highest BCUT2D eigenvalue weighted by molar-refractivity contribution is 7.10. The lowest BCUT2D eigenvalue weighted by atomic mass is 9.86. The van der Waals surface area contributed by atoms with Crippen molar-refractivity contribution in [2.75, 3.05) is 11.9 Å². The lowest BCUT2D eigenvalue weighted by Crippen LogP contribution is -2.30. The summed E-state index contributed by atoms with van der Waals surface area (Å²) in [5.41, 5.74) is 2.57. The van der Waals surface area contributed by atoms with Crippen LogP contribution in [0.25, 0.3) is 11.1 Å². The number of carbonyl (C=O) groups is 1. The van der Waals surface area contributed by atoms with Gasteiger partial charge in [0.1, 0.15) is 18.0 Å². The summed E-state index contributed by atoms with van der Waals surface area (Å²) in [6.45, 7) is 2.03. The Balaban J connectivity index is 1.92. The van der Waals surface area contributed by atoms with Gasteiger partial charge in [-0.3, -0.25) is 4.79 Å². The maximum absolute atomic E-state index is 13.5. The van der Waals surface area contributed by atoms with E-state index in [-0.39, 0.29) is 17.5 Å². The molecule has 0 saturated carbocycles. The Labute approximate surface area is 165 Å². The predicted octanol–water partition coefficient (Wildman–Crippen LogP) is 5.83. The molecular formula is C21H17ClFNO2S. The molecule has 0 spiro atoms. The average Bonchev–Trinajstić information content (AvgIpc) is 3.16. The van der Waals surface area contributed by atoms with Crippen LogP contribution in [-0.2, 0) is 15.1 Å². The van der Waals surface area contributed by atoms with E-state index in [0.29, 0.717) is 6.42 Å². The Morgan fingerprint density at radius 3 is 2.70 bits per heavy atom. The molecule has 1 N–H and O–H groups in total. The average molecular weight is 402 g/mol. The van der Waals surface area contributed by atoms with Crippen LogP contribution in [0.1, 0.15) is 23.8 Å². The molecule has 1 aliphatic rings. The molecule has 0 fully saturated rings. The van der Waals surface area contributed by atoms with Gasteiger partial charge in [0.15, 0.2) is 0 Å². The summed E-state index contributed by atoms with van der Waals surface area (Å²) in [5, 5.41) is 5.00. The van der Waals surface area contributed by atoms with Gasteiger partial charge in [-0.1, -0.05) is 36.7 Å². The maximum atomic E-state index is 13.5. The van der Waals surface area contributed by atoms with Crippen LogP contribution in [-0.4, -0.2) is 12.5 Å². The lowest BCUT2D eigenvalue weighted by Gasteiger charge is -2.32. The van der Waals surface area contributed by atoms with Gasteiger partial charge < -0.3 is 10.1 Å². The number of hydrogen-bond acceptors (Lipinski definition) is 3. The number of amides is 1. The van der Waals surface area contributed by atoms with Gasteiger partial charge in [0.05, 0.1) is 5.02 Å². The van der Waals surface area contributed by atoms with E-state index in [1.54, 1.807) is 23.5 Å². The number of benzene rings is 2. The van der Waals surface area contributed by atoms with Gasteiger partial charge in [0.25, 0.3) is 0 Å². The molecule has 2 aromatic carbocycles. The van der Waals surface area contributed by atoms with Gasteiger partial charge in [-0.25, -0.2) is 4.39 Å². The zero-order chi connectivity index (χ0) is 19.0. The molecule has 27 heavy (non-hydrogen) atoms. The maximum Gasteiger partial charge on any atom is 0.250 e. The van der Waals surface area contributed by atoms with Crippen LogP contribution in [0.15, 0.2) is 53.9 Å². The Bertz CT molecular complexity index is 1010. The fourth-order valence-electron chi connectivity index (χ4n) is 3.47. The first kappa shape index (κ1) is 18.2. The van der Waals surface area contributed by atoms with Crippen molar-refractivity contribution in [1.29, 1.82) is 0 Å². The number of fused-ring (bicyclic) bond motifs is 1. The lowest BCUT2D eigenvalue weighted by molar-refractivity contribution is -0.125. The van der Waals surface area contributed by atoms with Gasteiger partial charge in [-0.15, -0.1) is 11.3 Å². The normalized spacial score (nSPS) is 19.3. The number of nitrogens with one attached hydrogen (secondary N) is 1. The molecule has 6 heteroatoms. The molecule has 2 heterocycles. The summed E-state index contributed by atoms with van der Waals surface area (Å²) in [6, 6.07) is 14.4. The number of hydrogen-bond donors (Lipinski definition) is 1. The van der Waals surface area contributed by atoms with Crippen molar-refractivity contribution < 1.29 is 13.9 Å². The Morgan fingerprint density at radius 1 is 1.22 bits per heavy atom. The molecule has 0 saturated heterocycles. The Hall–Kier alpha value is -2.21. The molecule has 1 aromatic heterocycles. The minimum absolute atomic E-state index is 0.0157. The van der Waals surface area contributed by atoms with Crippen LogP contribution in [0.2, 0.25) is 5.02 Å². The number of thiophene rings is 1. The minimum Gasteiger partial charge on any atom is -0.355 e. The van der Waals surface area contributed by atoms with Crippen molar-refractivity contribution in [3.05, 3.63) is 75.2 Å². The summed E-state index contributed by atoms with van der Waals surface area (Å²) in [7, 11) is 0. The van der Waals surface area contributed by atoms with Gasteiger partial charge in [-0.05, 0) is 53.3 Å². The van der Waals surface area contributed by atoms with Gasteiger partial charge in [0.2, 0.25) is 5.91 Å². The van der Waals surface area contributed by atoms with Crippen molar-refractivity contribution >= 4 is 34.5 Å². The SMILES string of the molecule is CCC1(c2cccs2)OCC(=O)Nc2ccc(-c3ccc(F)c(Cl)c3)cc21. The monoisotopic (exact) mass is 401 g/mol. The molecule has 1 unspecified atom stereocenters. The summed E-state index contributed by atoms with van der Waals surface area (Å²) in [6.07, 6.45) is 0.670. The van der Waals surface area contributed by atoms with Crippen molar-refractivity contribution in [3.8, 4) is 11.1 Å². The zero-order valence-electron chi connectivity index (χ0n) is 14.6. The van der Waals surface area contributed by atoms with E-state index in [1.165, 1.54) is 6.07 Å². The third-order valence-corrected chi connectivity index (χ3v) is 6.15. The summed E-state index contributed by atoms with van der Waals surface area (Å²) in [5.74, 6) is -0.632. The highest BCUT2D eigenvalue weighted by Crippen LogP contribution is 2.45. The summed E-state index contributed by atoms with van der Waals surface area (Å²) < 4.78 is 19.7. The third kappa shape index (κ3) is 3.16. The van der Waals surface area contributed by atoms with Gasteiger partial charge in [-0.2, -0.15) is 0 Å². The van der Waals surface area contributed by atoms with Crippen molar-refractivity contribution in [2.45, 2.75) is 18.9 Å². The second kappa shape index (κ2) is 7.08. The van der Waals surface area contributed by atoms with Crippen LogP contribution in [0.5, 0.6) is 0 Å². The number of halogens is 2. The van der Waals surface area contributed by atoms with E-state index < -0.39 is 11.4 Å². The van der Waals surface area contributed by atoms with E-state index in [4.69, 9.17) is 16.3 Å². The van der Waals surface area contributed by atoms with Gasteiger partial charge >= 0.3 is 0 Å². The highest BCUT2D eigenvalue weighted by atomic mass is 35.5. The largest absolute Gasteiger partial charge is 0.355 e. The van der Waals surface area contributed by atoms with E-state index in [1.807, 2.05) is 42.6 Å². The predicted molar refractivity (Wildman–Crippen MR) is 107 cm³/mol. The fraction of sp³-hybridized carbons (Fsp3) is 0.190.